The van der Waals surface area contributed by atoms with Gasteiger partial charge in [0.15, 0.2) is 0 Å². The van der Waals surface area contributed by atoms with E-state index in [4.69, 9.17) is 0 Å². The number of halogens is 2. The number of aromatic nitrogens is 1. The van der Waals surface area contributed by atoms with Gasteiger partial charge < -0.3 is 0 Å². The molecule has 78 valence electrons. The molecule has 1 unspecified atom stereocenters. The van der Waals surface area contributed by atoms with Crippen molar-refractivity contribution < 1.29 is 8.78 Å². The monoisotopic (exact) mass is 225 g/mol. The molecule has 2 aromatic rings. The molecule has 0 amide bonds. The minimum Gasteiger partial charge on any atom is -0.256 e. The normalized spacial score (nSPS) is 12.0. The zero-order valence-corrected chi connectivity index (χ0v) is 9.32. The lowest BCUT2D eigenvalue weighted by Gasteiger charge is -2.11. The average Bonchev–Trinajstić information content (AvgIpc) is 2.16. The van der Waals surface area contributed by atoms with Crippen molar-refractivity contribution in [2.24, 2.45) is 0 Å². The Morgan fingerprint density at radius 1 is 1.27 bits per heavy atom. The van der Waals surface area contributed by atoms with Crippen LogP contribution >= 0.6 is 9.24 Å². The number of nitrogens with zero attached hydrogens (tertiary/aromatic N) is 1. The summed E-state index contributed by atoms with van der Waals surface area (Å²) in [7, 11) is 1.53. The van der Waals surface area contributed by atoms with Crippen LogP contribution in [0.15, 0.2) is 30.5 Å². The second-order valence-corrected chi connectivity index (χ2v) is 4.21. The summed E-state index contributed by atoms with van der Waals surface area (Å²) in [4.78, 5) is 4.07. The number of aryl methyl sites for hydroxylation is 1. The smallest absolute Gasteiger partial charge is 0.256 e. The second-order valence-electron chi connectivity index (χ2n) is 3.48. The van der Waals surface area contributed by atoms with E-state index in [9.17, 15) is 8.78 Å². The summed E-state index contributed by atoms with van der Waals surface area (Å²) in [6, 6.07) is 6.41. The van der Waals surface area contributed by atoms with Gasteiger partial charge in [0, 0.05) is 17.1 Å². The third-order valence-electron chi connectivity index (χ3n) is 2.35. The van der Waals surface area contributed by atoms with E-state index in [1.165, 1.54) is 21.4 Å². The lowest BCUT2D eigenvalue weighted by Crippen LogP contribution is -2.02. The van der Waals surface area contributed by atoms with Crippen LogP contribution in [0.4, 0.5) is 8.78 Å². The van der Waals surface area contributed by atoms with Crippen LogP contribution in [0.1, 0.15) is 11.1 Å². The van der Waals surface area contributed by atoms with Crippen molar-refractivity contribution in [3.63, 3.8) is 0 Å². The Morgan fingerprint density at radius 3 is 2.67 bits per heavy atom. The minimum absolute atomic E-state index is 0.0295. The summed E-state index contributed by atoms with van der Waals surface area (Å²) in [6.45, 7) is 1.93. The highest BCUT2D eigenvalue weighted by molar-refractivity contribution is 7.17. The first-order chi connectivity index (χ1) is 6.98. The highest BCUT2D eigenvalue weighted by atomic mass is 31.0. The van der Waals surface area contributed by atoms with E-state index < -0.39 is 5.66 Å². The van der Waals surface area contributed by atoms with Crippen LogP contribution < -0.4 is 0 Å². The van der Waals surface area contributed by atoms with Gasteiger partial charge >= 0.3 is 0 Å². The molecule has 0 aliphatic heterocycles. The van der Waals surface area contributed by atoms with Crippen LogP contribution in [0.3, 0.4) is 0 Å². The standard InChI is InChI=1S/C11H10F2NP/c1-7-4-5-14-10-6-8(11(12,13)15)2-3-9(7)10/h2-6H,15H2,1H3. The van der Waals surface area contributed by atoms with Gasteiger partial charge in [-0.2, -0.15) is 8.78 Å². The van der Waals surface area contributed by atoms with Crippen LogP contribution in [0.5, 0.6) is 0 Å². The van der Waals surface area contributed by atoms with Gasteiger partial charge in [-0.25, -0.2) is 0 Å². The van der Waals surface area contributed by atoms with E-state index in [0.29, 0.717) is 5.52 Å². The number of hydrogen-bond acceptors (Lipinski definition) is 1. The third-order valence-corrected chi connectivity index (χ3v) is 2.68. The van der Waals surface area contributed by atoms with Crippen LogP contribution in [0.2, 0.25) is 0 Å². The maximum atomic E-state index is 13.0. The van der Waals surface area contributed by atoms with Crippen LogP contribution in [0, 0.1) is 6.92 Å². The number of rotatable bonds is 1. The summed E-state index contributed by atoms with van der Waals surface area (Å²) < 4.78 is 26.0. The lowest BCUT2D eigenvalue weighted by molar-refractivity contribution is 0.104. The first-order valence-electron chi connectivity index (χ1n) is 4.51. The Morgan fingerprint density at radius 2 is 2.00 bits per heavy atom. The Kier molecular flexibility index (Phi) is 2.43. The van der Waals surface area contributed by atoms with E-state index in [0.717, 1.165) is 10.9 Å². The van der Waals surface area contributed by atoms with Gasteiger partial charge in [0.25, 0.3) is 5.66 Å². The van der Waals surface area contributed by atoms with Gasteiger partial charge in [0.2, 0.25) is 0 Å². The molecule has 1 heterocycles. The largest absolute Gasteiger partial charge is 0.283 e. The number of hydrogen-bond donors (Lipinski definition) is 0. The van der Waals surface area contributed by atoms with Gasteiger partial charge in [-0.05, 0) is 24.6 Å². The van der Waals surface area contributed by atoms with Crippen molar-refractivity contribution in [1.82, 2.24) is 4.98 Å². The van der Waals surface area contributed by atoms with Gasteiger partial charge in [-0.15, -0.1) is 0 Å². The first kappa shape index (κ1) is 10.4. The summed E-state index contributed by atoms with van der Waals surface area (Å²) in [6.07, 6.45) is 1.63. The van der Waals surface area contributed by atoms with Crippen molar-refractivity contribution in [2.75, 3.05) is 0 Å². The van der Waals surface area contributed by atoms with E-state index >= 15 is 0 Å². The third kappa shape index (κ3) is 1.98. The number of pyridine rings is 1. The fraction of sp³-hybridized carbons (Fsp3) is 0.182. The predicted molar refractivity (Wildman–Crippen MR) is 60.1 cm³/mol. The van der Waals surface area contributed by atoms with Crippen molar-refractivity contribution in [1.29, 1.82) is 0 Å². The Hall–Kier alpha value is -1.08. The molecule has 0 fully saturated rings. The van der Waals surface area contributed by atoms with Crippen molar-refractivity contribution >= 4 is 20.1 Å². The van der Waals surface area contributed by atoms with Crippen molar-refractivity contribution in [3.8, 4) is 0 Å². The van der Waals surface area contributed by atoms with Crippen LogP contribution in [-0.2, 0) is 5.66 Å². The summed E-state index contributed by atoms with van der Waals surface area (Å²) in [5.41, 5.74) is -1.27. The molecule has 15 heavy (non-hydrogen) atoms. The predicted octanol–water partition coefficient (Wildman–Crippen LogP) is 3.47. The van der Waals surface area contributed by atoms with Gasteiger partial charge in [0.05, 0.1) is 5.52 Å². The molecule has 4 heteroatoms. The summed E-state index contributed by atoms with van der Waals surface area (Å²) in [5, 5.41) is 0.913. The SMILES string of the molecule is Cc1ccnc2cc(C(F)(F)P)ccc12. The lowest BCUT2D eigenvalue weighted by atomic mass is 10.1. The van der Waals surface area contributed by atoms with Crippen LogP contribution in [-0.4, -0.2) is 4.98 Å². The Labute approximate surface area is 88.7 Å². The second kappa shape index (κ2) is 3.49. The molecule has 0 saturated carbocycles. The van der Waals surface area contributed by atoms with Gasteiger partial charge in [-0.1, -0.05) is 21.4 Å². The molecular formula is C11H10F2NP. The molecular weight excluding hydrogens is 215 g/mol. The number of benzene rings is 1. The van der Waals surface area contributed by atoms with E-state index in [1.807, 2.05) is 13.0 Å². The van der Waals surface area contributed by atoms with Crippen molar-refractivity contribution in [2.45, 2.75) is 12.6 Å². The van der Waals surface area contributed by atoms with E-state index in [1.54, 1.807) is 12.3 Å². The molecule has 0 bridgehead atoms. The van der Waals surface area contributed by atoms with E-state index in [2.05, 4.69) is 4.98 Å². The van der Waals surface area contributed by atoms with E-state index in [-0.39, 0.29) is 5.56 Å². The highest BCUT2D eigenvalue weighted by Crippen LogP contribution is 2.35. The molecule has 0 aliphatic carbocycles. The maximum absolute atomic E-state index is 13.0. The first-order valence-corrected chi connectivity index (χ1v) is 5.09. The zero-order valence-electron chi connectivity index (χ0n) is 8.17. The van der Waals surface area contributed by atoms with Crippen LogP contribution in [0.25, 0.3) is 10.9 Å². The molecule has 0 radical (unpaired) electrons. The number of fused-ring (bicyclic) bond motifs is 1. The fourth-order valence-corrected chi connectivity index (χ4v) is 1.68. The summed E-state index contributed by atoms with van der Waals surface area (Å²) in [5.74, 6) is 0. The fourth-order valence-electron chi connectivity index (χ4n) is 1.50. The zero-order chi connectivity index (χ0) is 11.1. The quantitative estimate of drug-likeness (QED) is 0.677. The number of alkyl halides is 2. The molecule has 0 spiro atoms. The topological polar surface area (TPSA) is 12.9 Å². The maximum Gasteiger partial charge on any atom is 0.283 e. The van der Waals surface area contributed by atoms with Gasteiger partial charge in [-0.3, -0.25) is 4.98 Å². The molecule has 1 atom stereocenters. The molecule has 0 aliphatic rings. The average molecular weight is 225 g/mol. The Bertz CT molecular complexity index is 505. The minimum atomic E-state index is -2.89. The molecule has 1 nitrogen and oxygen atoms in total. The molecule has 0 N–H and O–H groups in total. The molecule has 1 aromatic heterocycles. The molecule has 1 aromatic carbocycles. The summed E-state index contributed by atoms with van der Waals surface area (Å²) >= 11 is 0. The van der Waals surface area contributed by atoms with Gasteiger partial charge in [0.1, 0.15) is 0 Å². The molecule has 2 rings (SSSR count). The van der Waals surface area contributed by atoms with Crippen molar-refractivity contribution in [3.05, 3.63) is 41.6 Å². The molecule has 0 saturated heterocycles. The Balaban J connectivity index is 2.68. The highest BCUT2D eigenvalue weighted by Gasteiger charge is 2.24.